The van der Waals surface area contributed by atoms with Crippen LogP contribution in [0.2, 0.25) is 0 Å². The second kappa shape index (κ2) is 7.98. The van der Waals surface area contributed by atoms with Crippen LogP contribution in [0.4, 0.5) is 4.39 Å². The van der Waals surface area contributed by atoms with E-state index in [4.69, 9.17) is 4.74 Å². The molecule has 0 bridgehead atoms. The molecule has 2 aliphatic carbocycles. The molecule has 3 aliphatic rings. The maximum Gasteiger partial charge on any atom is 0.204 e. The number of ketones is 4. The fourth-order valence-electron chi connectivity index (χ4n) is 6.75. The number of hydrogen-bond acceptors (Lipinski definition) is 5. The van der Waals surface area contributed by atoms with Crippen molar-refractivity contribution >= 4 is 23.1 Å². The smallest absolute Gasteiger partial charge is 0.204 e. The molecule has 7 rings (SSSR count). The summed E-state index contributed by atoms with van der Waals surface area (Å²) in [6.07, 6.45) is -1.28. The second-order valence-corrected chi connectivity index (χ2v) is 10.4. The van der Waals surface area contributed by atoms with E-state index in [-0.39, 0.29) is 27.8 Å². The van der Waals surface area contributed by atoms with Gasteiger partial charge in [-0.05, 0) is 30.2 Å². The van der Waals surface area contributed by atoms with E-state index in [1.807, 2.05) is 19.1 Å². The number of ether oxygens (including phenoxy) is 1. The van der Waals surface area contributed by atoms with Crippen molar-refractivity contribution in [2.75, 3.05) is 0 Å². The fraction of sp³-hybridized carbons (Fsp3) is 0.152. The molecule has 4 aromatic rings. The summed E-state index contributed by atoms with van der Waals surface area (Å²) in [6.45, 7) is 1.90. The molecule has 39 heavy (non-hydrogen) atoms. The lowest BCUT2D eigenvalue weighted by Crippen LogP contribution is -2.51. The van der Waals surface area contributed by atoms with E-state index in [1.54, 1.807) is 54.6 Å². The van der Waals surface area contributed by atoms with E-state index in [2.05, 4.69) is 0 Å². The predicted octanol–water partition coefficient (Wildman–Crippen LogP) is 5.87. The molecular weight excluding hydrogens is 495 g/mol. The van der Waals surface area contributed by atoms with Gasteiger partial charge in [0, 0.05) is 22.3 Å². The number of aryl methyl sites for hydroxylation is 1. The van der Waals surface area contributed by atoms with Crippen molar-refractivity contribution in [1.29, 1.82) is 0 Å². The highest BCUT2D eigenvalue weighted by atomic mass is 19.1. The average Bonchev–Trinajstić information content (AvgIpc) is 3.47. The third-order valence-corrected chi connectivity index (χ3v) is 8.40. The Labute approximate surface area is 223 Å². The molecule has 1 aliphatic heterocycles. The van der Waals surface area contributed by atoms with Gasteiger partial charge in [0.05, 0.1) is 5.92 Å². The van der Waals surface area contributed by atoms with E-state index in [0.29, 0.717) is 5.56 Å². The number of carbonyl (C=O) groups excluding carboxylic acids is 4. The van der Waals surface area contributed by atoms with Crippen LogP contribution in [0.5, 0.6) is 0 Å². The monoisotopic (exact) mass is 516 g/mol. The van der Waals surface area contributed by atoms with Crippen LogP contribution in [0, 0.1) is 18.2 Å². The number of rotatable bonds is 2. The van der Waals surface area contributed by atoms with Crippen molar-refractivity contribution in [3.8, 4) is 0 Å². The number of hydrogen-bond donors (Lipinski definition) is 0. The minimum Gasteiger partial charge on any atom is -0.348 e. The molecule has 1 heterocycles. The summed E-state index contributed by atoms with van der Waals surface area (Å²) in [4.78, 5) is 57.7. The molecule has 1 saturated heterocycles. The van der Waals surface area contributed by atoms with Crippen LogP contribution in [0.1, 0.15) is 70.1 Å². The zero-order valence-electron chi connectivity index (χ0n) is 20.8. The van der Waals surface area contributed by atoms with Crippen molar-refractivity contribution in [2.24, 2.45) is 5.41 Å². The number of halogens is 1. The van der Waals surface area contributed by atoms with Crippen molar-refractivity contribution in [2.45, 2.75) is 24.5 Å². The Bertz CT molecular complexity index is 1680. The Kier molecular flexibility index (Phi) is 4.82. The first-order valence-electron chi connectivity index (χ1n) is 12.7. The zero-order valence-corrected chi connectivity index (χ0v) is 20.8. The van der Waals surface area contributed by atoms with E-state index < -0.39 is 52.0 Å². The fourth-order valence-corrected chi connectivity index (χ4v) is 6.75. The van der Waals surface area contributed by atoms with Crippen molar-refractivity contribution in [3.05, 3.63) is 142 Å². The highest BCUT2D eigenvalue weighted by Gasteiger charge is 2.79. The lowest BCUT2D eigenvalue weighted by molar-refractivity contribution is -0.0210. The summed E-state index contributed by atoms with van der Waals surface area (Å²) < 4.78 is 21.4. The van der Waals surface area contributed by atoms with Gasteiger partial charge in [0.25, 0.3) is 0 Å². The summed E-state index contributed by atoms with van der Waals surface area (Å²) in [7, 11) is 0. The lowest BCUT2D eigenvalue weighted by Gasteiger charge is -2.34. The molecule has 0 aromatic heterocycles. The first kappa shape index (κ1) is 23.6. The summed E-state index contributed by atoms with van der Waals surface area (Å²) in [5.41, 5.74) is -1.97. The molecule has 1 fully saturated rings. The van der Waals surface area contributed by atoms with Gasteiger partial charge in [-0.3, -0.25) is 19.2 Å². The van der Waals surface area contributed by atoms with E-state index in [1.165, 1.54) is 30.3 Å². The third kappa shape index (κ3) is 2.81. The lowest BCUT2D eigenvalue weighted by atomic mass is 9.60. The van der Waals surface area contributed by atoms with Crippen LogP contribution in [0.15, 0.2) is 97.1 Å². The summed E-state index contributed by atoms with van der Waals surface area (Å²) in [6, 6.07) is 25.3. The number of Topliss-reactive ketones (excluding diaryl/α,β-unsaturated/α-hetero) is 4. The topological polar surface area (TPSA) is 77.5 Å². The quantitative estimate of drug-likeness (QED) is 0.311. The molecule has 0 saturated carbocycles. The van der Waals surface area contributed by atoms with Crippen molar-refractivity contribution in [3.63, 3.8) is 0 Å². The molecule has 2 atom stereocenters. The molecule has 190 valence electrons. The van der Waals surface area contributed by atoms with Gasteiger partial charge in [-0.25, -0.2) is 4.39 Å². The van der Waals surface area contributed by atoms with Gasteiger partial charge in [0.15, 0.2) is 11.6 Å². The maximum absolute atomic E-state index is 14.8. The second-order valence-electron chi connectivity index (χ2n) is 10.4. The van der Waals surface area contributed by atoms with Gasteiger partial charge in [-0.1, -0.05) is 90.5 Å². The number of fused-ring (bicyclic) bond motifs is 2. The largest absolute Gasteiger partial charge is 0.348 e. The van der Waals surface area contributed by atoms with E-state index in [9.17, 15) is 23.6 Å². The first-order valence-corrected chi connectivity index (χ1v) is 12.7. The Balaban J connectivity index is 1.60. The Morgan fingerprint density at radius 1 is 0.615 bits per heavy atom. The molecule has 6 heteroatoms. The molecule has 4 aromatic carbocycles. The zero-order chi connectivity index (χ0) is 27.1. The van der Waals surface area contributed by atoms with Crippen LogP contribution in [-0.4, -0.2) is 28.7 Å². The van der Waals surface area contributed by atoms with Gasteiger partial charge in [-0.15, -0.1) is 0 Å². The molecule has 5 nitrogen and oxygen atoms in total. The van der Waals surface area contributed by atoms with E-state index >= 15 is 0 Å². The average molecular weight is 517 g/mol. The maximum atomic E-state index is 14.8. The minimum absolute atomic E-state index is 0.152. The standard InChI is InChI=1S/C33H21FO5/c1-18-13-15-19(16-14-18)31-32(27(35)22-9-2-3-10-23(22)28(32)36)26(20-7-6-8-21(34)17-20)33(39-31)29(37)24-11-4-5-12-25(24)30(33)38/h2-17,26,31H,1H3. The molecule has 2 unspecified atom stereocenters. The van der Waals surface area contributed by atoms with Crippen LogP contribution in [0.3, 0.4) is 0 Å². The Morgan fingerprint density at radius 2 is 1.13 bits per heavy atom. The first-order chi connectivity index (χ1) is 18.8. The van der Waals surface area contributed by atoms with Crippen LogP contribution < -0.4 is 0 Å². The molecular formula is C33H21FO5. The van der Waals surface area contributed by atoms with Crippen LogP contribution >= 0.6 is 0 Å². The van der Waals surface area contributed by atoms with Gasteiger partial charge in [-0.2, -0.15) is 0 Å². The van der Waals surface area contributed by atoms with Gasteiger partial charge < -0.3 is 4.74 Å². The van der Waals surface area contributed by atoms with Crippen LogP contribution in [-0.2, 0) is 4.74 Å². The molecule has 0 amide bonds. The highest BCUT2D eigenvalue weighted by Crippen LogP contribution is 2.67. The summed E-state index contributed by atoms with van der Waals surface area (Å²) in [5, 5.41) is 0. The Morgan fingerprint density at radius 3 is 1.64 bits per heavy atom. The molecule has 0 N–H and O–H groups in total. The molecule has 0 radical (unpaired) electrons. The summed E-state index contributed by atoms with van der Waals surface area (Å²) >= 11 is 0. The Hall–Kier alpha value is -4.55. The SMILES string of the molecule is Cc1ccc(C2OC3(C(=O)c4ccccc4C3=O)C(c3cccc(F)c3)C23C(=O)c2ccccc2C3=O)cc1. The van der Waals surface area contributed by atoms with Gasteiger partial charge >= 0.3 is 0 Å². The molecule has 2 spiro atoms. The third-order valence-electron chi connectivity index (χ3n) is 8.40. The van der Waals surface area contributed by atoms with Crippen LogP contribution in [0.25, 0.3) is 0 Å². The number of benzene rings is 4. The van der Waals surface area contributed by atoms with Gasteiger partial charge in [0.2, 0.25) is 17.2 Å². The summed E-state index contributed by atoms with van der Waals surface area (Å²) in [5.74, 6) is -4.40. The normalized spacial score (nSPS) is 22.1. The van der Waals surface area contributed by atoms with Crippen molar-refractivity contribution in [1.82, 2.24) is 0 Å². The highest BCUT2D eigenvalue weighted by molar-refractivity contribution is 6.37. The predicted molar refractivity (Wildman–Crippen MR) is 140 cm³/mol. The minimum atomic E-state index is -2.24. The van der Waals surface area contributed by atoms with Gasteiger partial charge in [0.1, 0.15) is 17.3 Å². The number of carbonyl (C=O) groups is 4. The van der Waals surface area contributed by atoms with E-state index in [0.717, 1.165) is 5.56 Å². The van der Waals surface area contributed by atoms with Crippen molar-refractivity contribution < 1.29 is 28.3 Å².